The van der Waals surface area contributed by atoms with Crippen molar-refractivity contribution in [2.75, 3.05) is 14.2 Å². The smallest absolute Gasteiger partial charge is 0.128 e. The van der Waals surface area contributed by atoms with Crippen LogP contribution in [-0.2, 0) is 6.67 Å². The summed E-state index contributed by atoms with van der Waals surface area (Å²) in [6.07, 6.45) is 0. The van der Waals surface area contributed by atoms with Crippen LogP contribution < -0.4 is 9.47 Å². The normalized spacial score (nSPS) is 9.58. The molecule has 0 aromatic heterocycles. The van der Waals surface area contributed by atoms with E-state index in [4.69, 9.17) is 9.47 Å². The molecule has 2 nitrogen and oxygen atoms in total. The second-order valence-electron chi connectivity index (χ2n) is 2.31. The second-order valence-corrected chi connectivity index (χ2v) is 2.31. The van der Waals surface area contributed by atoms with Gasteiger partial charge in [-0.15, -0.1) is 0 Å². The topological polar surface area (TPSA) is 18.5 Å². The van der Waals surface area contributed by atoms with Crippen molar-refractivity contribution in [3.8, 4) is 11.5 Å². The molecule has 0 saturated heterocycles. The van der Waals surface area contributed by atoms with Gasteiger partial charge in [-0.2, -0.15) is 0 Å². The largest absolute Gasteiger partial charge is 0.497 e. The first-order valence-corrected chi connectivity index (χ1v) is 3.58. The second kappa shape index (κ2) is 3.95. The van der Waals surface area contributed by atoms with Gasteiger partial charge in [-0.05, 0) is 12.1 Å². The third kappa shape index (κ3) is 1.67. The van der Waals surface area contributed by atoms with Gasteiger partial charge in [-0.1, -0.05) is 0 Å². The third-order valence-corrected chi connectivity index (χ3v) is 1.64. The molecular formula is C9H11FO2. The Hall–Kier alpha value is -1.25. The first kappa shape index (κ1) is 8.84. The van der Waals surface area contributed by atoms with Crippen LogP contribution in [0.15, 0.2) is 18.2 Å². The average molecular weight is 170 g/mol. The van der Waals surface area contributed by atoms with E-state index in [1.165, 1.54) is 7.11 Å². The van der Waals surface area contributed by atoms with Crippen molar-refractivity contribution in [3.63, 3.8) is 0 Å². The maximum absolute atomic E-state index is 12.3. The summed E-state index contributed by atoms with van der Waals surface area (Å²) in [6, 6.07) is 5.02. The summed E-state index contributed by atoms with van der Waals surface area (Å²) in [6.45, 7) is -0.521. The van der Waals surface area contributed by atoms with E-state index in [-0.39, 0.29) is 0 Å². The minimum atomic E-state index is -0.521. The first-order valence-electron chi connectivity index (χ1n) is 3.58. The van der Waals surface area contributed by atoms with Gasteiger partial charge in [0.2, 0.25) is 0 Å². The minimum Gasteiger partial charge on any atom is -0.497 e. The fourth-order valence-electron chi connectivity index (χ4n) is 0.962. The lowest BCUT2D eigenvalue weighted by Gasteiger charge is -2.06. The molecule has 66 valence electrons. The molecule has 1 rings (SSSR count). The number of hydrogen-bond donors (Lipinski definition) is 0. The van der Waals surface area contributed by atoms with Crippen LogP contribution >= 0.6 is 0 Å². The van der Waals surface area contributed by atoms with Crippen molar-refractivity contribution in [1.29, 1.82) is 0 Å². The Balaban J connectivity index is 3.02. The van der Waals surface area contributed by atoms with Gasteiger partial charge in [0.15, 0.2) is 0 Å². The van der Waals surface area contributed by atoms with Gasteiger partial charge < -0.3 is 9.47 Å². The van der Waals surface area contributed by atoms with Crippen molar-refractivity contribution in [2.45, 2.75) is 6.67 Å². The predicted molar refractivity (Wildman–Crippen MR) is 44.4 cm³/mol. The summed E-state index contributed by atoms with van der Waals surface area (Å²) in [5, 5.41) is 0. The van der Waals surface area contributed by atoms with Crippen molar-refractivity contribution in [2.24, 2.45) is 0 Å². The highest BCUT2D eigenvalue weighted by Crippen LogP contribution is 2.24. The Morgan fingerprint density at radius 3 is 2.50 bits per heavy atom. The van der Waals surface area contributed by atoms with Crippen LogP contribution in [0, 0.1) is 0 Å². The van der Waals surface area contributed by atoms with Crippen LogP contribution in [0.25, 0.3) is 0 Å². The summed E-state index contributed by atoms with van der Waals surface area (Å²) >= 11 is 0. The van der Waals surface area contributed by atoms with Crippen LogP contribution in [-0.4, -0.2) is 14.2 Å². The van der Waals surface area contributed by atoms with E-state index < -0.39 is 6.67 Å². The first-order chi connectivity index (χ1) is 5.81. The van der Waals surface area contributed by atoms with E-state index in [2.05, 4.69) is 0 Å². The minimum absolute atomic E-state index is 0.521. The van der Waals surface area contributed by atoms with Gasteiger partial charge in [0.1, 0.15) is 18.2 Å². The molecule has 0 bridgehead atoms. The lowest BCUT2D eigenvalue weighted by Crippen LogP contribution is -1.91. The number of benzene rings is 1. The Morgan fingerprint density at radius 2 is 2.00 bits per heavy atom. The Kier molecular flexibility index (Phi) is 2.91. The highest BCUT2D eigenvalue weighted by Gasteiger charge is 2.03. The third-order valence-electron chi connectivity index (χ3n) is 1.64. The van der Waals surface area contributed by atoms with Crippen LogP contribution in [0.1, 0.15) is 5.56 Å². The van der Waals surface area contributed by atoms with Gasteiger partial charge in [0, 0.05) is 11.6 Å². The molecule has 0 spiro atoms. The molecule has 0 heterocycles. The number of ether oxygens (including phenoxy) is 2. The molecule has 0 fully saturated rings. The van der Waals surface area contributed by atoms with Gasteiger partial charge >= 0.3 is 0 Å². The van der Waals surface area contributed by atoms with E-state index in [1.54, 1.807) is 25.3 Å². The van der Waals surface area contributed by atoms with E-state index in [0.717, 1.165) is 0 Å². The predicted octanol–water partition coefficient (Wildman–Crippen LogP) is 2.17. The van der Waals surface area contributed by atoms with Crippen molar-refractivity contribution in [3.05, 3.63) is 23.8 Å². The summed E-state index contributed by atoms with van der Waals surface area (Å²) in [5.74, 6) is 1.20. The van der Waals surface area contributed by atoms with E-state index >= 15 is 0 Å². The SMILES string of the molecule is COc1ccc(CF)c(OC)c1. The van der Waals surface area contributed by atoms with Gasteiger partial charge in [0.25, 0.3) is 0 Å². The maximum atomic E-state index is 12.3. The molecule has 0 aliphatic rings. The summed E-state index contributed by atoms with van der Waals surface area (Å²) < 4.78 is 22.2. The van der Waals surface area contributed by atoms with Gasteiger partial charge in [0.05, 0.1) is 14.2 Å². The molecule has 0 saturated carbocycles. The molecule has 0 aliphatic heterocycles. The fourth-order valence-corrected chi connectivity index (χ4v) is 0.962. The molecular weight excluding hydrogens is 159 g/mol. The van der Waals surface area contributed by atoms with E-state index in [9.17, 15) is 4.39 Å². The number of methoxy groups -OCH3 is 2. The number of alkyl halides is 1. The molecule has 12 heavy (non-hydrogen) atoms. The summed E-state index contributed by atoms with van der Waals surface area (Å²) in [4.78, 5) is 0. The zero-order chi connectivity index (χ0) is 8.97. The number of hydrogen-bond acceptors (Lipinski definition) is 2. The molecule has 0 N–H and O–H groups in total. The Bertz CT molecular complexity index is 261. The van der Waals surface area contributed by atoms with Crippen molar-refractivity contribution < 1.29 is 13.9 Å². The highest BCUT2D eigenvalue weighted by molar-refractivity contribution is 5.40. The standard InChI is InChI=1S/C9H11FO2/c1-11-8-4-3-7(6-10)9(5-8)12-2/h3-5H,6H2,1-2H3. The number of halogens is 1. The highest BCUT2D eigenvalue weighted by atomic mass is 19.1. The van der Waals surface area contributed by atoms with Crippen molar-refractivity contribution in [1.82, 2.24) is 0 Å². The zero-order valence-corrected chi connectivity index (χ0v) is 7.13. The zero-order valence-electron chi connectivity index (χ0n) is 7.13. The van der Waals surface area contributed by atoms with Crippen LogP contribution in [0.2, 0.25) is 0 Å². The fraction of sp³-hybridized carbons (Fsp3) is 0.333. The van der Waals surface area contributed by atoms with Gasteiger partial charge in [-0.3, -0.25) is 0 Å². The molecule has 0 radical (unpaired) electrons. The lowest BCUT2D eigenvalue weighted by molar-refractivity contribution is 0.381. The van der Waals surface area contributed by atoms with Crippen LogP contribution in [0.3, 0.4) is 0 Å². The quantitative estimate of drug-likeness (QED) is 0.692. The van der Waals surface area contributed by atoms with Gasteiger partial charge in [-0.25, -0.2) is 4.39 Å². The van der Waals surface area contributed by atoms with E-state index in [1.807, 2.05) is 0 Å². The summed E-state index contributed by atoms with van der Waals surface area (Å²) in [7, 11) is 3.07. The van der Waals surface area contributed by atoms with Crippen LogP contribution in [0.5, 0.6) is 11.5 Å². The average Bonchev–Trinajstić information content (AvgIpc) is 2.16. The Morgan fingerprint density at radius 1 is 1.25 bits per heavy atom. The summed E-state index contributed by atoms with van der Waals surface area (Å²) in [5.41, 5.74) is 0.540. The number of rotatable bonds is 3. The molecule has 0 atom stereocenters. The molecule has 0 amide bonds. The van der Waals surface area contributed by atoms with E-state index in [0.29, 0.717) is 17.1 Å². The Labute approximate surface area is 70.9 Å². The molecule has 3 heteroatoms. The molecule has 0 aliphatic carbocycles. The van der Waals surface area contributed by atoms with Crippen molar-refractivity contribution >= 4 is 0 Å². The molecule has 0 unspecified atom stereocenters. The lowest BCUT2D eigenvalue weighted by atomic mass is 10.2. The molecule has 1 aromatic rings. The monoisotopic (exact) mass is 170 g/mol. The van der Waals surface area contributed by atoms with Crippen LogP contribution in [0.4, 0.5) is 4.39 Å². The maximum Gasteiger partial charge on any atom is 0.128 e. The molecule has 1 aromatic carbocycles.